The van der Waals surface area contributed by atoms with Crippen molar-refractivity contribution < 1.29 is 23.8 Å². The van der Waals surface area contributed by atoms with Crippen molar-refractivity contribution >= 4 is 22.6 Å². The number of carbonyl (C=O) groups is 2. The molecule has 5 nitrogen and oxygen atoms in total. The first-order valence-electron chi connectivity index (χ1n) is 11.5. The van der Waals surface area contributed by atoms with Crippen LogP contribution in [0.5, 0.6) is 11.5 Å². The molecule has 2 atom stereocenters. The molecule has 0 aromatic heterocycles. The number of ether oxygens (including phenoxy) is 1. The molecular weight excluding hydrogens is 445 g/mol. The zero-order valence-corrected chi connectivity index (χ0v) is 19.5. The number of fused-ring (bicyclic) bond motifs is 1. The lowest BCUT2D eigenvalue weighted by atomic mass is 9.91. The van der Waals surface area contributed by atoms with Gasteiger partial charge in [-0.1, -0.05) is 67.6 Å². The van der Waals surface area contributed by atoms with Gasteiger partial charge in [-0.25, -0.2) is 4.39 Å². The van der Waals surface area contributed by atoms with Crippen LogP contribution >= 0.6 is 0 Å². The quantitative estimate of drug-likeness (QED) is 0.295. The normalized spacial score (nSPS) is 12.7. The summed E-state index contributed by atoms with van der Waals surface area (Å²) in [4.78, 5) is 25.4. The topological polar surface area (TPSA) is 75.6 Å². The van der Waals surface area contributed by atoms with Crippen LogP contribution in [0.15, 0.2) is 84.9 Å². The molecule has 0 bridgehead atoms. The van der Waals surface area contributed by atoms with Gasteiger partial charge in [-0.05, 0) is 59.5 Å². The first kappa shape index (κ1) is 24.0. The highest BCUT2D eigenvalue weighted by atomic mass is 19.1. The second-order valence-corrected chi connectivity index (χ2v) is 8.34. The standard InChI is InChI=1S/C29H26FNO4/c1-3-21(29(33)34)24-16-15-20(35-27-14-7-6-13-26(27)30)17-25(24)28(32)31-18(2)22-12-8-10-19-9-4-5-11-23(19)22/h4-18,21H,3H2,1-2H3,(H,31,32)(H,33,34)/t18-,21?/m1/s1. The molecule has 178 valence electrons. The van der Waals surface area contributed by atoms with Gasteiger partial charge in [0.2, 0.25) is 0 Å². The van der Waals surface area contributed by atoms with E-state index >= 15 is 0 Å². The number of carboxylic acids is 1. The van der Waals surface area contributed by atoms with E-state index in [-0.39, 0.29) is 23.1 Å². The molecule has 4 rings (SSSR count). The minimum absolute atomic E-state index is 0.0148. The molecule has 0 aliphatic carbocycles. The Morgan fingerprint density at radius 3 is 2.40 bits per heavy atom. The highest BCUT2D eigenvalue weighted by Gasteiger charge is 2.25. The fourth-order valence-electron chi connectivity index (χ4n) is 4.26. The molecule has 0 fully saturated rings. The second-order valence-electron chi connectivity index (χ2n) is 8.34. The van der Waals surface area contributed by atoms with Gasteiger partial charge in [0.15, 0.2) is 11.6 Å². The zero-order chi connectivity index (χ0) is 24.9. The van der Waals surface area contributed by atoms with E-state index in [4.69, 9.17) is 4.74 Å². The van der Waals surface area contributed by atoms with Crippen LogP contribution in [0.4, 0.5) is 4.39 Å². The van der Waals surface area contributed by atoms with Gasteiger partial charge in [-0.3, -0.25) is 9.59 Å². The summed E-state index contributed by atoms with van der Waals surface area (Å²) in [5.41, 5.74) is 1.51. The van der Waals surface area contributed by atoms with Gasteiger partial charge >= 0.3 is 5.97 Å². The second kappa shape index (κ2) is 10.4. The Morgan fingerprint density at radius 1 is 0.943 bits per heavy atom. The highest BCUT2D eigenvalue weighted by molar-refractivity contribution is 5.98. The van der Waals surface area contributed by atoms with E-state index in [0.717, 1.165) is 16.3 Å². The summed E-state index contributed by atoms with van der Waals surface area (Å²) in [6, 6.07) is 24.0. The maximum absolute atomic E-state index is 14.1. The number of amides is 1. The molecule has 1 unspecified atom stereocenters. The van der Waals surface area contributed by atoms with Gasteiger partial charge < -0.3 is 15.2 Å². The summed E-state index contributed by atoms with van der Waals surface area (Å²) < 4.78 is 19.8. The van der Waals surface area contributed by atoms with Crippen LogP contribution in [0.1, 0.15) is 53.7 Å². The Bertz CT molecular complexity index is 1380. The van der Waals surface area contributed by atoms with Crippen molar-refractivity contribution in [2.75, 3.05) is 0 Å². The largest absolute Gasteiger partial charge is 0.481 e. The van der Waals surface area contributed by atoms with Gasteiger partial charge in [-0.15, -0.1) is 0 Å². The van der Waals surface area contributed by atoms with Crippen LogP contribution < -0.4 is 10.1 Å². The van der Waals surface area contributed by atoms with Crippen molar-refractivity contribution in [2.24, 2.45) is 0 Å². The summed E-state index contributed by atoms with van der Waals surface area (Å²) in [5, 5.41) is 14.8. The Labute approximate surface area is 203 Å². The van der Waals surface area contributed by atoms with Crippen molar-refractivity contribution in [1.29, 1.82) is 0 Å². The van der Waals surface area contributed by atoms with Gasteiger partial charge in [0, 0.05) is 5.56 Å². The summed E-state index contributed by atoms with van der Waals surface area (Å²) in [6.45, 7) is 3.64. The minimum atomic E-state index is -1.02. The molecule has 0 radical (unpaired) electrons. The van der Waals surface area contributed by atoms with Crippen molar-refractivity contribution in [2.45, 2.75) is 32.2 Å². The van der Waals surface area contributed by atoms with Crippen molar-refractivity contribution in [3.8, 4) is 11.5 Å². The third-order valence-corrected chi connectivity index (χ3v) is 6.05. The first-order valence-corrected chi connectivity index (χ1v) is 11.5. The molecule has 0 saturated heterocycles. The van der Waals surface area contributed by atoms with E-state index < -0.39 is 23.6 Å². The summed E-state index contributed by atoms with van der Waals surface area (Å²) in [6.07, 6.45) is 0.308. The summed E-state index contributed by atoms with van der Waals surface area (Å²) in [5.74, 6) is -2.61. The smallest absolute Gasteiger partial charge is 0.310 e. The molecule has 0 spiro atoms. The van der Waals surface area contributed by atoms with Crippen LogP contribution in [0, 0.1) is 5.82 Å². The van der Waals surface area contributed by atoms with E-state index in [0.29, 0.717) is 12.0 Å². The monoisotopic (exact) mass is 471 g/mol. The molecule has 0 heterocycles. The third-order valence-electron chi connectivity index (χ3n) is 6.05. The maximum atomic E-state index is 14.1. The van der Waals surface area contributed by atoms with Gasteiger partial charge in [0.05, 0.1) is 12.0 Å². The molecule has 4 aromatic rings. The molecule has 0 aliphatic heterocycles. The lowest BCUT2D eigenvalue weighted by Crippen LogP contribution is -2.28. The van der Waals surface area contributed by atoms with Crippen LogP contribution in [0.25, 0.3) is 10.8 Å². The molecule has 1 amide bonds. The Hall–Kier alpha value is -4.19. The van der Waals surface area contributed by atoms with Crippen molar-refractivity contribution in [3.05, 3.63) is 107 Å². The van der Waals surface area contributed by atoms with Gasteiger partial charge in [-0.2, -0.15) is 0 Å². The fraction of sp³-hybridized carbons (Fsp3) is 0.172. The average Bonchev–Trinajstić information content (AvgIpc) is 2.86. The van der Waals surface area contributed by atoms with Gasteiger partial charge in [0.1, 0.15) is 5.75 Å². The number of halogens is 1. The Morgan fingerprint density at radius 2 is 1.66 bits per heavy atom. The van der Waals surface area contributed by atoms with Crippen molar-refractivity contribution in [3.63, 3.8) is 0 Å². The predicted octanol–water partition coefficient (Wildman–Crippen LogP) is 6.84. The predicted molar refractivity (Wildman–Crippen MR) is 133 cm³/mol. The number of para-hydroxylation sites is 1. The van der Waals surface area contributed by atoms with Crippen LogP contribution in [0.2, 0.25) is 0 Å². The molecule has 4 aromatic carbocycles. The SMILES string of the molecule is CCC(C(=O)O)c1ccc(Oc2ccccc2F)cc1C(=O)N[C@H](C)c1cccc2ccccc12. The van der Waals surface area contributed by atoms with E-state index in [9.17, 15) is 19.1 Å². The lowest BCUT2D eigenvalue weighted by Gasteiger charge is -2.20. The maximum Gasteiger partial charge on any atom is 0.310 e. The van der Waals surface area contributed by atoms with E-state index in [2.05, 4.69) is 5.32 Å². The molecule has 0 saturated carbocycles. The van der Waals surface area contributed by atoms with E-state index in [1.54, 1.807) is 31.2 Å². The van der Waals surface area contributed by atoms with Crippen molar-refractivity contribution in [1.82, 2.24) is 5.32 Å². The molecule has 35 heavy (non-hydrogen) atoms. The van der Waals surface area contributed by atoms with Crippen LogP contribution in [-0.2, 0) is 4.79 Å². The number of hydrogen-bond acceptors (Lipinski definition) is 3. The molecule has 0 aliphatic rings. The number of nitrogens with one attached hydrogen (secondary N) is 1. The highest BCUT2D eigenvalue weighted by Crippen LogP contribution is 2.31. The number of aliphatic carboxylic acids is 1. The fourth-order valence-corrected chi connectivity index (χ4v) is 4.26. The Balaban J connectivity index is 1.70. The number of benzene rings is 4. The number of carboxylic acid groups (broad SMARTS) is 1. The molecule has 6 heteroatoms. The number of rotatable bonds is 8. The van der Waals surface area contributed by atoms with Crippen LogP contribution in [-0.4, -0.2) is 17.0 Å². The lowest BCUT2D eigenvalue weighted by molar-refractivity contribution is -0.138. The Kier molecular flexibility index (Phi) is 7.11. The first-order chi connectivity index (χ1) is 16.9. The zero-order valence-electron chi connectivity index (χ0n) is 19.5. The molecular formula is C29H26FNO4. The minimum Gasteiger partial charge on any atom is -0.481 e. The summed E-state index contributed by atoms with van der Waals surface area (Å²) in [7, 11) is 0. The van der Waals surface area contributed by atoms with Crippen LogP contribution in [0.3, 0.4) is 0 Å². The summed E-state index contributed by atoms with van der Waals surface area (Å²) >= 11 is 0. The number of carbonyl (C=O) groups excluding carboxylic acids is 1. The van der Waals surface area contributed by atoms with Gasteiger partial charge in [0.25, 0.3) is 5.91 Å². The average molecular weight is 472 g/mol. The molecule has 2 N–H and O–H groups in total. The number of hydrogen-bond donors (Lipinski definition) is 2. The van der Waals surface area contributed by atoms with E-state index in [1.165, 1.54) is 18.2 Å². The third kappa shape index (κ3) is 5.17. The van der Waals surface area contributed by atoms with E-state index in [1.807, 2.05) is 49.4 Å².